The summed E-state index contributed by atoms with van der Waals surface area (Å²) in [4.78, 5) is 41.4. The minimum absolute atomic E-state index is 0.125. The third-order valence-electron chi connectivity index (χ3n) is 0.657. The molecule has 0 radical (unpaired) electrons. The quantitative estimate of drug-likeness (QED) is 0.197. The van der Waals surface area contributed by atoms with E-state index in [4.69, 9.17) is 29.5 Å². The molecule has 0 unspecified atom stereocenters. The van der Waals surface area contributed by atoms with Crippen LogP contribution in [-0.2, 0) is 18.9 Å². The molecule has 9 nitrogen and oxygen atoms in total. The van der Waals surface area contributed by atoms with Crippen LogP contribution in [0.1, 0.15) is 0 Å². The van der Waals surface area contributed by atoms with E-state index in [0.29, 0.717) is 0 Å². The van der Waals surface area contributed by atoms with E-state index in [0.717, 1.165) is 12.2 Å². The van der Waals surface area contributed by atoms with Crippen molar-refractivity contribution < 1.29 is 43.8 Å². The fourth-order valence-corrected chi connectivity index (χ4v) is 0.303. The maximum atomic E-state index is 9.92. The van der Waals surface area contributed by atoms with Crippen molar-refractivity contribution in [2.45, 2.75) is 0 Å². The minimum atomic E-state index is -4.64. The van der Waals surface area contributed by atoms with E-state index in [2.05, 4.69) is 4.74 Å². The van der Waals surface area contributed by atoms with Crippen LogP contribution in [0, 0.1) is 0 Å². The van der Waals surface area contributed by atoms with Gasteiger partial charge in [0.2, 0.25) is 0 Å². The number of aliphatic hydroxyl groups excluding tert-OH is 2. The first kappa shape index (κ1) is 17.3. The van der Waals surface area contributed by atoms with Gasteiger partial charge in [0.05, 0.1) is 13.2 Å². The van der Waals surface area contributed by atoms with Crippen LogP contribution < -0.4 is 0 Å². The van der Waals surface area contributed by atoms with Crippen LogP contribution in [0.25, 0.3) is 0 Å². The monoisotopic (exact) mass is 258 g/mol. The molecular weight excluding hydrogens is 247 g/mol. The van der Waals surface area contributed by atoms with E-state index in [9.17, 15) is 9.59 Å². The Hall–Kier alpha value is -1.09. The van der Waals surface area contributed by atoms with Crippen molar-refractivity contribution in [2.75, 3.05) is 13.2 Å². The second-order valence-electron chi connectivity index (χ2n) is 2.03. The Morgan fingerprint density at radius 2 is 1.25 bits per heavy atom. The van der Waals surface area contributed by atoms with Gasteiger partial charge in [-0.1, -0.05) is 0 Å². The zero-order valence-electron chi connectivity index (χ0n) is 7.89. The number of esters is 2. The molecule has 1 rings (SSSR count). The summed E-state index contributed by atoms with van der Waals surface area (Å²) in [5, 5.41) is 15.2. The number of aliphatic hydroxyl groups is 2. The molecule has 1 aliphatic rings. The van der Waals surface area contributed by atoms with Crippen LogP contribution in [0.2, 0.25) is 0 Å². The number of carbonyl (C=O) groups excluding carboxylic acids is 2. The number of hydrogen-bond acceptors (Lipinski definition) is 6. The predicted molar refractivity (Wildman–Crippen MR) is 48.7 cm³/mol. The minimum Gasteiger partial charge on any atom is -0.394 e. The van der Waals surface area contributed by atoms with E-state index < -0.39 is 19.8 Å². The number of phosphoric acid groups is 1. The van der Waals surface area contributed by atoms with Crippen LogP contribution in [-0.4, -0.2) is 50.0 Å². The lowest BCUT2D eigenvalue weighted by Crippen LogP contribution is -1.96. The largest absolute Gasteiger partial charge is 0.466 e. The van der Waals surface area contributed by atoms with Gasteiger partial charge in [-0.05, 0) is 0 Å². The smallest absolute Gasteiger partial charge is 0.394 e. The Kier molecular flexibility index (Phi) is 9.91. The first-order valence-electron chi connectivity index (χ1n) is 3.64. The van der Waals surface area contributed by atoms with E-state index >= 15 is 0 Å². The highest BCUT2D eigenvalue weighted by molar-refractivity contribution is 7.45. The molecule has 0 atom stereocenters. The van der Waals surface area contributed by atoms with Gasteiger partial charge in [-0.15, -0.1) is 0 Å². The van der Waals surface area contributed by atoms with Crippen molar-refractivity contribution >= 4 is 19.8 Å². The van der Waals surface area contributed by atoms with Crippen LogP contribution in [0.3, 0.4) is 0 Å². The maximum absolute atomic E-state index is 9.92. The lowest BCUT2D eigenvalue weighted by Gasteiger charge is -1.82. The van der Waals surface area contributed by atoms with Gasteiger partial charge in [0.25, 0.3) is 0 Å². The molecule has 1 aliphatic heterocycles. The lowest BCUT2D eigenvalue weighted by atomic mass is 10.6. The highest BCUT2D eigenvalue weighted by Gasteiger charge is 2.10. The van der Waals surface area contributed by atoms with Gasteiger partial charge in [0.15, 0.2) is 0 Å². The van der Waals surface area contributed by atoms with Gasteiger partial charge in [-0.2, -0.15) is 0 Å². The van der Waals surface area contributed by atoms with Gasteiger partial charge in [-0.3, -0.25) is 0 Å². The van der Waals surface area contributed by atoms with E-state index in [1.807, 2.05) is 0 Å². The molecule has 10 heteroatoms. The number of hydrogen-bond donors (Lipinski definition) is 5. The average molecular weight is 258 g/mol. The SMILES string of the molecule is O=C1C=CC(=O)O1.O=P(O)(O)O.OCCO. The molecule has 0 aromatic rings. The summed E-state index contributed by atoms with van der Waals surface area (Å²) in [7, 11) is -4.64. The zero-order chi connectivity index (χ0) is 13.2. The number of carbonyl (C=O) groups is 2. The van der Waals surface area contributed by atoms with Gasteiger partial charge < -0.3 is 29.6 Å². The first-order valence-corrected chi connectivity index (χ1v) is 5.21. The summed E-state index contributed by atoms with van der Waals surface area (Å²) in [6.45, 7) is -0.250. The lowest BCUT2D eigenvalue weighted by molar-refractivity contribution is -0.150. The molecule has 0 aliphatic carbocycles. The zero-order valence-corrected chi connectivity index (χ0v) is 8.78. The molecule has 0 amide bonds. The van der Waals surface area contributed by atoms with Gasteiger partial charge in [0, 0.05) is 12.2 Å². The molecule has 0 saturated carbocycles. The molecule has 0 bridgehead atoms. The third-order valence-corrected chi connectivity index (χ3v) is 0.657. The Morgan fingerprint density at radius 1 is 1.00 bits per heavy atom. The van der Waals surface area contributed by atoms with E-state index in [1.54, 1.807) is 0 Å². The number of rotatable bonds is 1. The van der Waals surface area contributed by atoms with Crippen molar-refractivity contribution in [2.24, 2.45) is 0 Å². The van der Waals surface area contributed by atoms with E-state index in [-0.39, 0.29) is 13.2 Å². The fraction of sp³-hybridized carbons (Fsp3) is 0.333. The fourth-order valence-electron chi connectivity index (χ4n) is 0.303. The van der Waals surface area contributed by atoms with Crippen LogP contribution >= 0.6 is 7.82 Å². The third kappa shape index (κ3) is 23.1. The molecule has 0 fully saturated rings. The molecular formula is C6H11O9P. The van der Waals surface area contributed by atoms with Gasteiger partial charge in [0.1, 0.15) is 0 Å². The van der Waals surface area contributed by atoms with Crippen molar-refractivity contribution in [1.29, 1.82) is 0 Å². The standard InChI is InChI=1S/C4H2O3.C2H6O2.H3O4P/c5-3-1-2-4(6)7-3;3-1-2-4;1-5(2,3)4/h1-2H;3-4H,1-2H2;(H3,1,2,3,4). The summed E-state index contributed by atoms with van der Waals surface area (Å²) in [6.07, 6.45) is 2.17. The topological polar surface area (TPSA) is 162 Å². The molecule has 16 heavy (non-hydrogen) atoms. The Morgan fingerprint density at radius 3 is 1.31 bits per heavy atom. The van der Waals surface area contributed by atoms with E-state index in [1.165, 1.54) is 0 Å². The second-order valence-corrected chi connectivity index (χ2v) is 3.06. The normalized spacial score (nSPS) is 13.3. The molecule has 94 valence electrons. The number of ether oxygens (including phenoxy) is 1. The maximum Gasteiger partial charge on any atom is 0.466 e. The summed E-state index contributed by atoms with van der Waals surface area (Å²) in [5.74, 6) is -1.16. The summed E-state index contributed by atoms with van der Waals surface area (Å²) < 4.78 is 12.9. The molecule has 5 N–H and O–H groups in total. The molecule has 0 aromatic carbocycles. The first-order chi connectivity index (χ1) is 7.20. The molecule has 0 aromatic heterocycles. The molecule has 0 spiro atoms. The molecule has 0 saturated heterocycles. The van der Waals surface area contributed by atoms with Crippen molar-refractivity contribution in [3.05, 3.63) is 12.2 Å². The second kappa shape index (κ2) is 9.16. The van der Waals surface area contributed by atoms with Crippen molar-refractivity contribution in [1.82, 2.24) is 0 Å². The van der Waals surface area contributed by atoms with Gasteiger partial charge >= 0.3 is 19.8 Å². The van der Waals surface area contributed by atoms with Gasteiger partial charge in [-0.25, -0.2) is 14.2 Å². The summed E-state index contributed by atoms with van der Waals surface area (Å²) in [5.41, 5.74) is 0. The van der Waals surface area contributed by atoms with Crippen molar-refractivity contribution in [3.8, 4) is 0 Å². The molecule has 1 heterocycles. The van der Waals surface area contributed by atoms with Crippen LogP contribution in [0.4, 0.5) is 0 Å². The highest BCUT2D eigenvalue weighted by Crippen LogP contribution is 2.25. The van der Waals surface area contributed by atoms with Crippen LogP contribution in [0.15, 0.2) is 12.2 Å². The average Bonchev–Trinajstić information content (AvgIpc) is 2.47. The Balaban J connectivity index is 0. The number of cyclic esters (lactones) is 2. The summed E-state index contributed by atoms with van der Waals surface area (Å²) >= 11 is 0. The Bertz CT molecular complexity index is 264. The predicted octanol–water partition coefficient (Wildman–Crippen LogP) is -2.33. The van der Waals surface area contributed by atoms with Crippen LogP contribution in [0.5, 0.6) is 0 Å². The van der Waals surface area contributed by atoms with Crippen molar-refractivity contribution in [3.63, 3.8) is 0 Å². The highest BCUT2D eigenvalue weighted by atomic mass is 31.2. The summed E-state index contributed by atoms with van der Waals surface area (Å²) in [6, 6.07) is 0. The Labute approximate surface area is 89.8 Å².